The number of halogens is 1. The zero-order valence-electron chi connectivity index (χ0n) is 9.83. The molecule has 0 aliphatic heterocycles. The minimum absolute atomic E-state index is 0.158. The molecule has 0 fully saturated rings. The Morgan fingerprint density at radius 3 is 2.71 bits per heavy atom. The summed E-state index contributed by atoms with van der Waals surface area (Å²) in [5.74, 6) is -0.510. The fourth-order valence-electron chi connectivity index (χ4n) is 1.28. The fourth-order valence-corrected chi connectivity index (χ4v) is 1.54. The van der Waals surface area contributed by atoms with Crippen LogP contribution in [0.5, 0.6) is 11.5 Å². The van der Waals surface area contributed by atoms with E-state index in [-0.39, 0.29) is 22.1 Å². The summed E-state index contributed by atoms with van der Waals surface area (Å²) < 4.78 is 9.88. The maximum absolute atomic E-state index is 11.3. The van der Waals surface area contributed by atoms with Crippen LogP contribution < -0.4 is 4.74 Å². The molecule has 0 unspecified atom stereocenters. The van der Waals surface area contributed by atoms with Gasteiger partial charge in [0.2, 0.25) is 0 Å². The maximum atomic E-state index is 11.3. The van der Waals surface area contributed by atoms with E-state index in [1.165, 1.54) is 19.2 Å². The average molecular weight is 259 g/mol. The van der Waals surface area contributed by atoms with Gasteiger partial charge in [0.15, 0.2) is 11.5 Å². The summed E-state index contributed by atoms with van der Waals surface area (Å²) in [5, 5.41) is 9.89. The zero-order valence-corrected chi connectivity index (χ0v) is 10.6. The molecule has 1 aromatic rings. The Hall–Kier alpha value is -1.42. The first kappa shape index (κ1) is 13.6. The van der Waals surface area contributed by atoms with Gasteiger partial charge in [0, 0.05) is 0 Å². The maximum Gasteiger partial charge on any atom is 0.338 e. The number of ether oxygens (including phenoxy) is 2. The summed E-state index contributed by atoms with van der Waals surface area (Å²) in [6.07, 6.45) is 1.85. The van der Waals surface area contributed by atoms with Crippen molar-refractivity contribution in [3.05, 3.63) is 22.7 Å². The first-order chi connectivity index (χ1) is 8.10. The average Bonchev–Trinajstić information content (AvgIpc) is 2.31. The normalized spacial score (nSPS) is 10.1. The molecular weight excluding hydrogens is 244 g/mol. The molecule has 94 valence electrons. The van der Waals surface area contributed by atoms with Crippen LogP contribution in [0, 0.1) is 0 Å². The van der Waals surface area contributed by atoms with E-state index in [1.54, 1.807) is 0 Å². The number of methoxy groups -OCH3 is 1. The number of rotatable bonds is 5. The lowest BCUT2D eigenvalue weighted by molar-refractivity contribution is 0.0600. The smallest absolute Gasteiger partial charge is 0.338 e. The van der Waals surface area contributed by atoms with Crippen LogP contribution in [0.3, 0.4) is 0 Å². The van der Waals surface area contributed by atoms with Gasteiger partial charge in [0.1, 0.15) is 0 Å². The Balaban J connectivity index is 2.90. The van der Waals surface area contributed by atoms with Gasteiger partial charge in [-0.15, -0.1) is 0 Å². The predicted molar refractivity (Wildman–Crippen MR) is 64.9 cm³/mol. The van der Waals surface area contributed by atoms with Gasteiger partial charge < -0.3 is 14.6 Å². The number of carbonyl (C=O) groups is 1. The minimum atomic E-state index is -0.553. The lowest BCUT2D eigenvalue weighted by atomic mass is 10.2. The van der Waals surface area contributed by atoms with Gasteiger partial charge in [-0.1, -0.05) is 24.9 Å². The molecule has 5 heteroatoms. The third-order valence-corrected chi connectivity index (χ3v) is 2.47. The number of carbonyl (C=O) groups excluding carboxylic acids is 1. The lowest BCUT2D eigenvalue weighted by Gasteiger charge is -2.10. The van der Waals surface area contributed by atoms with E-state index in [1.807, 2.05) is 6.92 Å². The van der Waals surface area contributed by atoms with Gasteiger partial charge in [-0.3, -0.25) is 0 Å². The summed E-state index contributed by atoms with van der Waals surface area (Å²) in [6, 6.07) is 2.69. The van der Waals surface area contributed by atoms with E-state index in [9.17, 15) is 9.90 Å². The van der Waals surface area contributed by atoms with Crippen LogP contribution in [-0.4, -0.2) is 24.8 Å². The molecule has 0 saturated carbocycles. The van der Waals surface area contributed by atoms with Crippen LogP contribution in [-0.2, 0) is 4.74 Å². The number of phenolic OH excluding ortho intramolecular Hbond substituents is 1. The molecule has 17 heavy (non-hydrogen) atoms. The summed E-state index contributed by atoms with van der Waals surface area (Å²) >= 11 is 5.92. The minimum Gasteiger partial charge on any atom is -0.504 e. The largest absolute Gasteiger partial charge is 0.504 e. The Bertz CT molecular complexity index is 380. The zero-order chi connectivity index (χ0) is 12.8. The van der Waals surface area contributed by atoms with Crippen LogP contribution in [0.25, 0.3) is 0 Å². The highest BCUT2D eigenvalue weighted by Crippen LogP contribution is 2.35. The van der Waals surface area contributed by atoms with Crippen molar-refractivity contribution in [2.45, 2.75) is 19.8 Å². The van der Waals surface area contributed by atoms with Crippen molar-refractivity contribution in [1.29, 1.82) is 0 Å². The third kappa shape index (κ3) is 3.53. The Morgan fingerprint density at radius 1 is 1.47 bits per heavy atom. The number of hydrogen-bond donors (Lipinski definition) is 1. The first-order valence-corrected chi connectivity index (χ1v) is 5.71. The van der Waals surface area contributed by atoms with Crippen LogP contribution >= 0.6 is 11.6 Å². The Kier molecular flexibility index (Phi) is 5.10. The summed E-state index contributed by atoms with van der Waals surface area (Å²) in [6.45, 7) is 2.51. The molecule has 1 N–H and O–H groups in total. The summed E-state index contributed by atoms with van der Waals surface area (Å²) in [5.41, 5.74) is 0.192. The van der Waals surface area contributed by atoms with Gasteiger partial charge >= 0.3 is 5.97 Å². The molecule has 0 aliphatic carbocycles. The van der Waals surface area contributed by atoms with Crippen molar-refractivity contribution >= 4 is 17.6 Å². The highest BCUT2D eigenvalue weighted by atomic mass is 35.5. The lowest BCUT2D eigenvalue weighted by Crippen LogP contribution is -2.03. The van der Waals surface area contributed by atoms with E-state index >= 15 is 0 Å². The molecule has 1 aromatic carbocycles. The first-order valence-electron chi connectivity index (χ1n) is 5.33. The van der Waals surface area contributed by atoms with Crippen molar-refractivity contribution in [3.8, 4) is 11.5 Å². The third-order valence-electron chi connectivity index (χ3n) is 2.19. The van der Waals surface area contributed by atoms with Crippen LogP contribution in [0.15, 0.2) is 12.1 Å². The molecule has 0 amide bonds. The van der Waals surface area contributed by atoms with Crippen LogP contribution in [0.1, 0.15) is 30.1 Å². The van der Waals surface area contributed by atoms with E-state index < -0.39 is 5.97 Å². The quantitative estimate of drug-likeness (QED) is 0.652. The number of benzene rings is 1. The van der Waals surface area contributed by atoms with Crippen molar-refractivity contribution < 1.29 is 19.4 Å². The van der Waals surface area contributed by atoms with E-state index in [0.717, 1.165) is 12.8 Å². The van der Waals surface area contributed by atoms with Crippen molar-refractivity contribution in [3.63, 3.8) is 0 Å². The fraction of sp³-hybridized carbons (Fsp3) is 0.417. The van der Waals surface area contributed by atoms with E-state index in [0.29, 0.717) is 6.61 Å². The van der Waals surface area contributed by atoms with Gasteiger partial charge in [0.25, 0.3) is 0 Å². The molecule has 0 heterocycles. The van der Waals surface area contributed by atoms with Gasteiger partial charge in [-0.25, -0.2) is 4.79 Å². The van der Waals surface area contributed by atoms with Gasteiger partial charge in [-0.2, -0.15) is 0 Å². The monoisotopic (exact) mass is 258 g/mol. The Labute approximate surface area is 105 Å². The van der Waals surface area contributed by atoms with Gasteiger partial charge in [0.05, 0.1) is 24.3 Å². The second-order valence-corrected chi connectivity index (χ2v) is 3.91. The molecule has 0 aliphatic rings. The molecule has 0 saturated heterocycles. The molecule has 0 aromatic heterocycles. The molecule has 0 spiro atoms. The van der Waals surface area contributed by atoms with E-state index in [2.05, 4.69) is 4.74 Å². The Morgan fingerprint density at radius 2 is 2.18 bits per heavy atom. The molecular formula is C12H15ClO4. The van der Waals surface area contributed by atoms with Crippen molar-refractivity contribution in [1.82, 2.24) is 0 Å². The molecule has 1 rings (SSSR count). The molecule has 0 radical (unpaired) electrons. The molecule has 0 atom stereocenters. The molecule has 4 nitrogen and oxygen atoms in total. The van der Waals surface area contributed by atoms with Gasteiger partial charge in [-0.05, 0) is 18.6 Å². The molecule has 0 bridgehead atoms. The standard InChI is InChI=1S/C12H15ClO4/c1-3-4-5-17-11-9(13)6-8(7-10(11)14)12(15)16-2/h6-7,14H,3-5H2,1-2H3. The number of unbranched alkanes of at least 4 members (excludes halogenated alkanes) is 1. The number of aromatic hydroxyl groups is 1. The number of esters is 1. The van der Waals surface area contributed by atoms with Crippen LogP contribution in [0.2, 0.25) is 5.02 Å². The highest BCUT2D eigenvalue weighted by molar-refractivity contribution is 6.32. The van der Waals surface area contributed by atoms with Crippen molar-refractivity contribution in [2.75, 3.05) is 13.7 Å². The summed E-state index contributed by atoms with van der Waals surface area (Å²) in [4.78, 5) is 11.3. The van der Waals surface area contributed by atoms with Crippen molar-refractivity contribution in [2.24, 2.45) is 0 Å². The topological polar surface area (TPSA) is 55.8 Å². The number of hydrogen-bond acceptors (Lipinski definition) is 4. The highest BCUT2D eigenvalue weighted by Gasteiger charge is 2.14. The second-order valence-electron chi connectivity index (χ2n) is 3.50. The second kappa shape index (κ2) is 6.35. The number of phenols is 1. The SMILES string of the molecule is CCCCOc1c(O)cc(C(=O)OC)cc1Cl. The predicted octanol–water partition coefficient (Wildman–Crippen LogP) is 3.01. The summed E-state index contributed by atoms with van der Waals surface area (Å²) in [7, 11) is 1.26. The van der Waals surface area contributed by atoms with Crippen LogP contribution in [0.4, 0.5) is 0 Å². The van der Waals surface area contributed by atoms with E-state index in [4.69, 9.17) is 16.3 Å².